The highest BCUT2D eigenvalue weighted by Gasteiger charge is 2.17. The van der Waals surface area contributed by atoms with Gasteiger partial charge in [0.2, 0.25) is 11.8 Å². The van der Waals surface area contributed by atoms with E-state index < -0.39 is 36.2 Å². The average Bonchev–Trinajstić information content (AvgIpc) is 2.77. The van der Waals surface area contributed by atoms with Crippen LogP contribution in [0.5, 0.6) is 5.75 Å². The first-order chi connectivity index (χ1) is 15.3. The van der Waals surface area contributed by atoms with Gasteiger partial charge in [0.05, 0.1) is 23.2 Å². The molecule has 32 heavy (non-hydrogen) atoms. The van der Waals surface area contributed by atoms with Crippen molar-refractivity contribution in [2.45, 2.75) is 13.1 Å². The number of hydrogen-bond acceptors (Lipinski definition) is 6. The molecule has 2 amide bonds. The highest BCUT2D eigenvalue weighted by atomic mass is 35.5. The lowest BCUT2D eigenvalue weighted by Crippen LogP contribution is -2.45. The number of anilines is 1. The molecule has 168 valence electrons. The SMILES string of the molecule is COCCNC(=O)Cn1c(=O)c2ccccc2n(CC(=O)Nc2cc(Cl)ccc2O)c1=O. The summed E-state index contributed by atoms with van der Waals surface area (Å²) in [6.45, 7) is -0.476. The zero-order chi connectivity index (χ0) is 23.3. The highest BCUT2D eigenvalue weighted by molar-refractivity contribution is 6.31. The van der Waals surface area contributed by atoms with Gasteiger partial charge in [-0.05, 0) is 30.3 Å². The lowest BCUT2D eigenvalue weighted by atomic mass is 10.2. The number of aromatic hydroxyl groups is 1. The first-order valence-corrected chi connectivity index (χ1v) is 9.96. The molecule has 0 aliphatic rings. The van der Waals surface area contributed by atoms with E-state index in [9.17, 15) is 24.3 Å². The fraction of sp³-hybridized carbons (Fsp3) is 0.238. The van der Waals surface area contributed by atoms with Crippen LogP contribution in [0.3, 0.4) is 0 Å². The Labute approximate surface area is 187 Å². The Hall–Kier alpha value is -3.63. The normalized spacial score (nSPS) is 10.8. The molecule has 0 spiro atoms. The topological polar surface area (TPSA) is 132 Å². The molecule has 0 saturated heterocycles. The van der Waals surface area contributed by atoms with Crippen molar-refractivity contribution in [2.75, 3.05) is 25.6 Å². The maximum atomic E-state index is 13.0. The third-order valence-electron chi connectivity index (χ3n) is 4.60. The Kier molecular flexibility index (Phi) is 7.29. The van der Waals surface area contributed by atoms with E-state index in [2.05, 4.69) is 10.6 Å². The number of para-hydroxylation sites is 1. The molecule has 3 aromatic rings. The van der Waals surface area contributed by atoms with Gasteiger partial charge in [-0.25, -0.2) is 4.79 Å². The Balaban J connectivity index is 1.96. The molecule has 0 aliphatic carbocycles. The number of halogens is 1. The molecule has 11 heteroatoms. The van der Waals surface area contributed by atoms with Gasteiger partial charge in [-0.15, -0.1) is 0 Å². The number of nitrogens with zero attached hydrogens (tertiary/aromatic N) is 2. The largest absolute Gasteiger partial charge is 0.506 e. The van der Waals surface area contributed by atoms with Crippen LogP contribution in [0.4, 0.5) is 5.69 Å². The van der Waals surface area contributed by atoms with E-state index in [1.807, 2.05) is 0 Å². The zero-order valence-corrected chi connectivity index (χ0v) is 17.9. The monoisotopic (exact) mass is 460 g/mol. The smallest absolute Gasteiger partial charge is 0.332 e. The van der Waals surface area contributed by atoms with Crippen LogP contribution in [-0.4, -0.2) is 46.3 Å². The number of phenolic OH excluding ortho intramolecular Hbond substituents is 1. The molecule has 0 unspecified atom stereocenters. The number of aromatic nitrogens is 2. The minimum atomic E-state index is -0.818. The summed E-state index contributed by atoms with van der Waals surface area (Å²) in [5.74, 6) is -1.38. The summed E-state index contributed by atoms with van der Waals surface area (Å²) in [6.07, 6.45) is 0. The molecule has 1 heterocycles. The van der Waals surface area contributed by atoms with Crippen LogP contribution in [0.15, 0.2) is 52.1 Å². The highest BCUT2D eigenvalue weighted by Crippen LogP contribution is 2.26. The van der Waals surface area contributed by atoms with E-state index in [-0.39, 0.29) is 35.5 Å². The first kappa shape index (κ1) is 23.0. The van der Waals surface area contributed by atoms with Gasteiger partial charge in [0.25, 0.3) is 5.56 Å². The molecular formula is C21H21ClN4O6. The number of rotatable bonds is 8. The van der Waals surface area contributed by atoms with Crippen LogP contribution in [-0.2, 0) is 27.4 Å². The summed E-state index contributed by atoms with van der Waals surface area (Å²) >= 11 is 5.89. The number of methoxy groups -OCH3 is 1. The Bertz CT molecular complexity index is 1280. The van der Waals surface area contributed by atoms with Crippen molar-refractivity contribution in [1.82, 2.24) is 14.5 Å². The molecular weight excluding hydrogens is 440 g/mol. The fourth-order valence-electron chi connectivity index (χ4n) is 3.10. The van der Waals surface area contributed by atoms with Gasteiger partial charge in [-0.1, -0.05) is 23.7 Å². The zero-order valence-electron chi connectivity index (χ0n) is 17.1. The number of carbonyl (C=O) groups is 2. The number of fused-ring (bicyclic) bond motifs is 1. The van der Waals surface area contributed by atoms with Crippen LogP contribution in [0.25, 0.3) is 10.9 Å². The molecule has 3 rings (SSSR count). The van der Waals surface area contributed by atoms with E-state index in [1.165, 1.54) is 37.4 Å². The predicted octanol–water partition coefficient (Wildman–Crippen LogP) is 0.923. The molecule has 2 aromatic carbocycles. The maximum absolute atomic E-state index is 13.0. The van der Waals surface area contributed by atoms with Crippen molar-refractivity contribution in [3.63, 3.8) is 0 Å². The second-order valence-electron chi connectivity index (χ2n) is 6.83. The quantitative estimate of drug-likeness (QED) is 0.338. The molecule has 0 aliphatic heterocycles. The summed E-state index contributed by atoms with van der Waals surface area (Å²) < 4.78 is 6.72. The van der Waals surface area contributed by atoms with Crippen LogP contribution in [0.2, 0.25) is 5.02 Å². The van der Waals surface area contributed by atoms with E-state index in [0.29, 0.717) is 5.02 Å². The van der Waals surface area contributed by atoms with Crippen molar-refractivity contribution >= 4 is 40.0 Å². The second-order valence-corrected chi connectivity index (χ2v) is 7.27. The van der Waals surface area contributed by atoms with E-state index in [0.717, 1.165) is 9.13 Å². The van der Waals surface area contributed by atoms with Crippen molar-refractivity contribution in [1.29, 1.82) is 0 Å². The third-order valence-corrected chi connectivity index (χ3v) is 4.83. The van der Waals surface area contributed by atoms with E-state index in [1.54, 1.807) is 12.1 Å². The molecule has 0 radical (unpaired) electrons. The number of benzene rings is 2. The van der Waals surface area contributed by atoms with Gasteiger partial charge in [0.15, 0.2) is 0 Å². The van der Waals surface area contributed by atoms with E-state index >= 15 is 0 Å². The summed E-state index contributed by atoms with van der Waals surface area (Å²) in [5, 5.41) is 15.4. The number of phenols is 1. The van der Waals surface area contributed by atoms with Gasteiger partial charge >= 0.3 is 5.69 Å². The lowest BCUT2D eigenvalue weighted by Gasteiger charge is -2.14. The second kappa shape index (κ2) is 10.1. The lowest BCUT2D eigenvalue weighted by molar-refractivity contribution is -0.122. The van der Waals surface area contributed by atoms with Gasteiger partial charge in [0.1, 0.15) is 18.8 Å². The minimum absolute atomic E-state index is 0.0747. The molecule has 10 nitrogen and oxygen atoms in total. The Morgan fingerprint density at radius 3 is 2.53 bits per heavy atom. The van der Waals surface area contributed by atoms with Crippen molar-refractivity contribution in [3.05, 3.63) is 68.3 Å². The van der Waals surface area contributed by atoms with Gasteiger partial charge in [-0.2, -0.15) is 0 Å². The van der Waals surface area contributed by atoms with Gasteiger partial charge in [0, 0.05) is 18.7 Å². The van der Waals surface area contributed by atoms with Crippen LogP contribution < -0.4 is 21.9 Å². The van der Waals surface area contributed by atoms with E-state index in [4.69, 9.17) is 16.3 Å². The van der Waals surface area contributed by atoms with Crippen molar-refractivity contribution in [2.24, 2.45) is 0 Å². The van der Waals surface area contributed by atoms with Crippen molar-refractivity contribution in [3.8, 4) is 5.75 Å². The average molecular weight is 461 g/mol. The molecule has 0 saturated carbocycles. The summed E-state index contributed by atoms with van der Waals surface area (Å²) in [5.41, 5.74) is -1.15. The van der Waals surface area contributed by atoms with Crippen LogP contribution in [0.1, 0.15) is 0 Å². The third kappa shape index (κ3) is 5.16. The number of amides is 2. The number of carbonyl (C=O) groups excluding carboxylic acids is 2. The molecule has 3 N–H and O–H groups in total. The van der Waals surface area contributed by atoms with Crippen molar-refractivity contribution < 1.29 is 19.4 Å². The number of ether oxygens (including phenoxy) is 1. The summed E-state index contributed by atoms with van der Waals surface area (Å²) in [4.78, 5) is 50.7. The van der Waals surface area contributed by atoms with Gasteiger partial charge in [-0.3, -0.25) is 23.5 Å². The molecule has 0 atom stereocenters. The van der Waals surface area contributed by atoms with Crippen LogP contribution >= 0.6 is 11.6 Å². The predicted molar refractivity (Wildman–Crippen MR) is 119 cm³/mol. The minimum Gasteiger partial charge on any atom is -0.506 e. The molecule has 0 fully saturated rings. The van der Waals surface area contributed by atoms with Gasteiger partial charge < -0.3 is 20.5 Å². The number of nitrogens with one attached hydrogen (secondary N) is 2. The fourth-order valence-corrected chi connectivity index (χ4v) is 3.27. The standard InChI is InChI=1S/C21H21ClN4O6/c1-32-9-8-23-18(28)11-26-20(30)14-4-2-3-5-16(14)25(21(26)31)12-19(29)24-15-10-13(22)6-7-17(15)27/h2-7,10,27H,8-9,11-12H2,1H3,(H,23,28)(H,24,29). The summed E-state index contributed by atoms with van der Waals surface area (Å²) in [6, 6.07) is 10.4. The summed E-state index contributed by atoms with van der Waals surface area (Å²) in [7, 11) is 1.48. The first-order valence-electron chi connectivity index (χ1n) is 9.58. The van der Waals surface area contributed by atoms with Crippen LogP contribution in [0, 0.1) is 0 Å². The Morgan fingerprint density at radius 2 is 1.78 bits per heavy atom. The Morgan fingerprint density at radius 1 is 1.06 bits per heavy atom. The molecule has 0 bridgehead atoms. The number of hydrogen-bond donors (Lipinski definition) is 3. The molecule has 1 aromatic heterocycles. The maximum Gasteiger partial charge on any atom is 0.332 e.